The first-order chi connectivity index (χ1) is 12.3. The van der Waals surface area contributed by atoms with E-state index in [0.29, 0.717) is 22.2 Å². The number of allylic oxidation sites excluding steroid dienone is 1. The number of benzene rings is 1. The highest BCUT2D eigenvalue weighted by atomic mass is 35.5. The first-order valence-electron chi connectivity index (χ1n) is 8.27. The van der Waals surface area contributed by atoms with Crippen LogP contribution in [-0.2, 0) is 14.6 Å². The fraction of sp³-hybridized carbons (Fsp3) is 0.333. The number of amides is 1. The lowest BCUT2D eigenvalue weighted by atomic mass is 9.98. The minimum Gasteiger partial charge on any atom is -0.298 e. The van der Waals surface area contributed by atoms with Crippen LogP contribution in [0.5, 0.6) is 0 Å². The molecule has 26 heavy (non-hydrogen) atoms. The molecule has 2 aromatic rings. The third kappa shape index (κ3) is 4.52. The number of carbonyl (C=O) groups is 1. The minimum atomic E-state index is -3.42. The molecular weight excluding hydrogens is 392 g/mol. The molecule has 3 rings (SSSR count). The van der Waals surface area contributed by atoms with Crippen LogP contribution in [-0.4, -0.2) is 25.6 Å². The first-order valence-corrected chi connectivity index (χ1v) is 11.4. The highest BCUT2D eigenvalue weighted by Crippen LogP contribution is 2.32. The van der Waals surface area contributed by atoms with Gasteiger partial charge in [-0.15, -0.1) is 11.3 Å². The van der Waals surface area contributed by atoms with Crippen LogP contribution < -0.4 is 5.32 Å². The summed E-state index contributed by atoms with van der Waals surface area (Å²) in [6.45, 7) is 0. The Morgan fingerprint density at radius 1 is 1.35 bits per heavy atom. The first kappa shape index (κ1) is 19.1. The molecule has 1 aliphatic rings. The summed E-state index contributed by atoms with van der Waals surface area (Å²) in [5, 5.41) is 5.22. The van der Waals surface area contributed by atoms with Gasteiger partial charge in [-0.1, -0.05) is 36.6 Å². The van der Waals surface area contributed by atoms with Crippen LogP contribution in [0.4, 0.5) is 5.13 Å². The molecule has 0 unspecified atom stereocenters. The van der Waals surface area contributed by atoms with Gasteiger partial charge in [0.05, 0.1) is 9.92 Å². The maximum absolute atomic E-state index is 12.8. The summed E-state index contributed by atoms with van der Waals surface area (Å²) in [6, 6.07) is 4.62. The summed E-state index contributed by atoms with van der Waals surface area (Å²) in [5.74, 6) is 0.0652. The zero-order valence-electron chi connectivity index (χ0n) is 14.2. The Balaban J connectivity index is 1.97. The van der Waals surface area contributed by atoms with E-state index in [2.05, 4.69) is 10.3 Å². The van der Waals surface area contributed by atoms with Crippen LogP contribution in [0.1, 0.15) is 31.2 Å². The minimum absolute atomic E-state index is 0.0588. The number of rotatable bonds is 5. The van der Waals surface area contributed by atoms with Gasteiger partial charge in [-0.05, 0) is 36.5 Å². The van der Waals surface area contributed by atoms with Gasteiger partial charge in [-0.25, -0.2) is 13.4 Å². The molecule has 1 aliphatic carbocycles. The van der Waals surface area contributed by atoms with Gasteiger partial charge in [-0.3, -0.25) is 10.1 Å². The largest absolute Gasteiger partial charge is 0.298 e. The van der Waals surface area contributed by atoms with Crippen LogP contribution in [0.3, 0.4) is 0 Å². The zero-order chi connectivity index (χ0) is 18.7. The Labute approximate surface area is 162 Å². The second-order valence-corrected chi connectivity index (χ2v) is 9.62. The van der Waals surface area contributed by atoms with Gasteiger partial charge in [-0.2, -0.15) is 0 Å². The summed E-state index contributed by atoms with van der Waals surface area (Å²) >= 11 is 7.51. The van der Waals surface area contributed by atoms with E-state index >= 15 is 0 Å². The molecule has 8 heteroatoms. The lowest BCUT2D eigenvalue weighted by molar-refractivity contribution is -0.111. The molecule has 0 saturated heterocycles. The van der Waals surface area contributed by atoms with Crippen LogP contribution in [0.2, 0.25) is 5.02 Å². The quantitative estimate of drug-likeness (QED) is 0.740. The predicted octanol–water partition coefficient (Wildman–Crippen LogP) is 4.41. The fourth-order valence-corrected chi connectivity index (χ4v) is 4.93. The molecule has 1 N–H and O–H groups in total. The number of aromatic nitrogens is 1. The average Bonchev–Trinajstić information content (AvgIpc) is 3.24. The second-order valence-electron chi connectivity index (χ2n) is 6.33. The number of nitrogens with one attached hydrogen (secondary N) is 1. The van der Waals surface area contributed by atoms with Crippen molar-refractivity contribution in [3.8, 4) is 0 Å². The van der Waals surface area contributed by atoms with Crippen molar-refractivity contribution < 1.29 is 13.2 Å². The zero-order valence-corrected chi connectivity index (χ0v) is 16.6. The Morgan fingerprint density at radius 3 is 2.65 bits per heavy atom. The molecule has 0 radical (unpaired) electrons. The molecule has 1 saturated carbocycles. The number of hydrogen-bond acceptors (Lipinski definition) is 5. The predicted molar refractivity (Wildman–Crippen MR) is 105 cm³/mol. The molecule has 138 valence electrons. The molecule has 0 atom stereocenters. The normalized spacial score (nSPS) is 16.0. The molecule has 0 spiro atoms. The maximum atomic E-state index is 12.8. The Hall–Kier alpha value is -1.70. The molecule has 1 aromatic carbocycles. The summed E-state index contributed by atoms with van der Waals surface area (Å²) in [7, 11) is -3.42. The maximum Gasteiger partial charge on any atom is 0.257 e. The summed E-state index contributed by atoms with van der Waals surface area (Å²) < 4.78 is 23.5. The van der Waals surface area contributed by atoms with Gasteiger partial charge in [0.2, 0.25) is 0 Å². The smallest absolute Gasteiger partial charge is 0.257 e. The van der Waals surface area contributed by atoms with E-state index in [1.54, 1.807) is 23.7 Å². The Kier molecular flexibility index (Phi) is 5.79. The molecule has 1 fully saturated rings. The Bertz CT molecular complexity index is 931. The summed E-state index contributed by atoms with van der Waals surface area (Å²) in [4.78, 5) is 17.0. The Morgan fingerprint density at radius 2 is 2.08 bits per heavy atom. The van der Waals surface area contributed by atoms with E-state index in [9.17, 15) is 13.2 Å². The van der Waals surface area contributed by atoms with Crippen molar-refractivity contribution in [2.45, 2.75) is 30.6 Å². The van der Waals surface area contributed by atoms with Gasteiger partial charge in [0.25, 0.3) is 5.91 Å². The topological polar surface area (TPSA) is 76.1 Å². The van der Waals surface area contributed by atoms with Crippen molar-refractivity contribution in [2.75, 3.05) is 11.6 Å². The number of nitrogens with zero attached hydrogens (tertiary/aromatic N) is 1. The van der Waals surface area contributed by atoms with Crippen molar-refractivity contribution >= 4 is 49.4 Å². The van der Waals surface area contributed by atoms with Crippen molar-refractivity contribution in [2.24, 2.45) is 5.92 Å². The van der Waals surface area contributed by atoms with E-state index in [1.807, 2.05) is 6.08 Å². The molecule has 1 aromatic heterocycles. The molecule has 5 nitrogen and oxygen atoms in total. The number of thiazole rings is 1. The third-order valence-electron chi connectivity index (χ3n) is 4.34. The van der Waals surface area contributed by atoms with Crippen molar-refractivity contribution in [3.63, 3.8) is 0 Å². The molecule has 0 bridgehead atoms. The fourth-order valence-electron chi connectivity index (χ4n) is 3.08. The SMILES string of the molecule is CS(=O)(=O)c1ccc(/C(=C/C2CCCC2)C(=O)Nc2nccs2)cc1Cl. The third-order valence-corrected chi connectivity index (χ3v) is 6.61. The molecule has 1 heterocycles. The van der Waals surface area contributed by atoms with Crippen molar-refractivity contribution in [3.05, 3.63) is 46.4 Å². The number of hydrogen-bond donors (Lipinski definition) is 1. The van der Waals surface area contributed by atoms with Crippen LogP contribution >= 0.6 is 22.9 Å². The van der Waals surface area contributed by atoms with Crippen molar-refractivity contribution in [1.29, 1.82) is 0 Å². The highest BCUT2D eigenvalue weighted by Gasteiger charge is 2.21. The van der Waals surface area contributed by atoms with E-state index < -0.39 is 9.84 Å². The summed E-state index contributed by atoms with van der Waals surface area (Å²) in [5.41, 5.74) is 1.09. The highest BCUT2D eigenvalue weighted by molar-refractivity contribution is 7.90. The van der Waals surface area contributed by atoms with Gasteiger partial charge in [0.15, 0.2) is 15.0 Å². The van der Waals surface area contributed by atoms with Gasteiger partial charge in [0.1, 0.15) is 0 Å². The number of sulfone groups is 1. The monoisotopic (exact) mass is 410 g/mol. The standard InChI is InChI=1S/C18H19ClN2O3S2/c1-26(23,24)16-7-6-13(11-15(16)19)14(10-12-4-2-3-5-12)17(22)21-18-20-8-9-25-18/h6-12H,2-5H2,1H3,(H,20,21,22)/b14-10-. The molecule has 1 amide bonds. The summed E-state index contributed by atoms with van der Waals surface area (Å²) in [6.07, 6.45) is 9.09. The molecular formula is C18H19ClN2O3S2. The van der Waals surface area contributed by atoms with Crippen molar-refractivity contribution in [1.82, 2.24) is 4.98 Å². The van der Waals surface area contributed by atoms with Gasteiger partial charge >= 0.3 is 0 Å². The van der Waals surface area contributed by atoms with E-state index in [1.165, 1.54) is 17.4 Å². The average molecular weight is 411 g/mol. The van der Waals surface area contributed by atoms with Gasteiger partial charge < -0.3 is 0 Å². The van der Waals surface area contributed by atoms with E-state index in [0.717, 1.165) is 31.9 Å². The van der Waals surface area contributed by atoms with Crippen LogP contribution in [0.25, 0.3) is 5.57 Å². The lowest BCUT2D eigenvalue weighted by Crippen LogP contribution is -2.14. The number of halogens is 1. The van der Waals surface area contributed by atoms with Crippen LogP contribution in [0, 0.1) is 5.92 Å². The second kappa shape index (κ2) is 7.90. The van der Waals surface area contributed by atoms with Crippen LogP contribution in [0.15, 0.2) is 40.7 Å². The number of anilines is 1. The van der Waals surface area contributed by atoms with E-state index in [4.69, 9.17) is 11.6 Å². The van der Waals surface area contributed by atoms with E-state index in [-0.39, 0.29) is 15.8 Å². The number of carbonyl (C=O) groups excluding carboxylic acids is 1. The lowest BCUT2D eigenvalue weighted by Gasteiger charge is -2.12. The molecule has 0 aliphatic heterocycles. The van der Waals surface area contributed by atoms with Gasteiger partial charge in [0, 0.05) is 23.4 Å².